The number of rotatable bonds is 5. The van der Waals surface area contributed by atoms with E-state index in [0.29, 0.717) is 12.3 Å². The Morgan fingerprint density at radius 2 is 2.05 bits per heavy atom. The third-order valence-corrected chi connectivity index (χ3v) is 2.55. The zero-order valence-electron chi connectivity index (χ0n) is 11.2. The molecule has 0 spiro atoms. The van der Waals surface area contributed by atoms with Gasteiger partial charge in [0.15, 0.2) is 6.10 Å². The quantitative estimate of drug-likeness (QED) is 0.791. The van der Waals surface area contributed by atoms with Gasteiger partial charge in [-0.15, -0.1) is 0 Å². The Hall–Kier alpha value is -1.87. The van der Waals surface area contributed by atoms with Crippen LogP contribution in [0.15, 0.2) is 12.3 Å². The molecule has 0 fully saturated rings. The molecule has 0 saturated carbocycles. The Bertz CT molecular complexity index is 506. The molecule has 1 aromatic rings. The number of halogens is 3. The van der Waals surface area contributed by atoms with Crippen molar-refractivity contribution in [1.82, 2.24) is 4.98 Å². The molecule has 0 aliphatic rings. The van der Waals surface area contributed by atoms with Crippen molar-refractivity contribution in [3.63, 3.8) is 0 Å². The van der Waals surface area contributed by atoms with Gasteiger partial charge in [-0.2, -0.15) is 13.2 Å². The molecule has 2 N–H and O–H groups in total. The van der Waals surface area contributed by atoms with E-state index in [1.54, 1.807) is 0 Å². The normalized spacial score (nSPS) is 14.4. The van der Waals surface area contributed by atoms with Crippen molar-refractivity contribution in [2.24, 2.45) is 0 Å². The van der Waals surface area contributed by atoms with Crippen LogP contribution in [0.5, 0.6) is 5.88 Å². The highest BCUT2D eigenvalue weighted by molar-refractivity contribution is 5.75. The maximum atomic E-state index is 12.6. The number of hydrogen-bond acceptors (Lipinski definition) is 6. The largest absolute Gasteiger partial charge is 0.481 e. The Morgan fingerprint density at radius 1 is 1.43 bits per heavy atom. The third kappa shape index (κ3) is 4.05. The molecule has 118 valence electrons. The molecule has 6 nitrogen and oxygen atoms in total. The number of carbonyl (C=O) groups excluding carboxylic acids is 1. The van der Waals surface area contributed by atoms with E-state index in [0.717, 1.165) is 7.11 Å². The maximum Gasteiger partial charge on any atom is 0.417 e. The first-order valence-electron chi connectivity index (χ1n) is 5.86. The van der Waals surface area contributed by atoms with Crippen molar-refractivity contribution in [3.8, 4) is 5.88 Å². The molecular weight excluding hydrogens is 295 g/mol. The van der Waals surface area contributed by atoms with E-state index in [1.165, 1.54) is 6.92 Å². The lowest BCUT2D eigenvalue weighted by molar-refractivity contribution is -0.159. The van der Waals surface area contributed by atoms with E-state index in [4.69, 9.17) is 4.74 Å². The second-order valence-electron chi connectivity index (χ2n) is 3.96. The van der Waals surface area contributed by atoms with Crippen molar-refractivity contribution in [2.75, 3.05) is 13.7 Å². The average molecular weight is 309 g/mol. The molecule has 0 aliphatic carbocycles. The van der Waals surface area contributed by atoms with Gasteiger partial charge in [0.1, 0.15) is 6.10 Å². The van der Waals surface area contributed by atoms with Crippen LogP contribution in [0.4, 0.5) is 13.2 Å². The van der Waals surface area contributed by atoms with Gasteiger partial charge in [-0.1, -0.05) is 0 Å². The molecule has 0 bridgehead atoms. The van der Waals surface area contributed by atoms with Crippen molar-refractivity contribution in [3.05, 3.63) is 23.4 Å². The van der Waals surface area contributed by atoms with Crippen molar-refractivity contribution in [2.45, 2.75) is 25.3 Å². The van der Waals surface area contributed by atoms with Crippen LogP contribution in [0.2, 0.25) is 0 Å². The highest BCUT2D eigenvalue weighted by atomic mass is 19.4. The smallest absolute Gasteiger partial charge is 0.417 e. The van der Waals surface area contributed by atoms with E-state index in [-0.39, 0.29) is 12.5 Å². The molecule has 21 heavy (non-hydrogen) atoms. The predicted octanol–water partition coefficient (Wildman–Crippen LogP) is 1.07. The van der Waals surface area contributed by atoms with Crippen LogP contribution in [-0.2, 0) is 15.7 Å². The number of aliphatic hydroxyl groups excluding tert-OH is 2. The zero-order chi connectivity index (χ0) is 16.2. The number of pyridine rings is 1. The lowest BCUT2D eigenvalue weighted by Crippen LogP contribution is -2.30. The predicted molar refractivity (Wildman–Crippen MR) is 63.4 cm³/mol. The zero-order valence-corrected chi connectivity index (χ0v) is 11.2. The van der Waals surface area contributed by atoms with Crippen LogP contribution in [0.25, 0.3) is 0 Å². The van der Waals surface area contributed by atoms with Gasteiger partial charge in [0.05, 0.1) is 19.3 Å². The minimum atomic E-state index is -4.69. The van der Waals surface area contributed by atoms with Gasteiger partial charge in [-0.05, 0) is 13.0 Å². The molecule has 2 atom stereocenters. The van der Waals surface area contributed by atoms with Crippen LogP contribution < -0.4 is 4.74 Å². The van der Waals surface area contributed by atoms with Crippen molar-refractivity contribution >= 4 is 5.97 Å². The molecule has 0 aliphatic heterocycles. The first kappa shape index (κ1) is 17.2. The fraction of sp³-hybridized carbons (Fsp3) is 0.500. The first-order chi connectivity index (χ1) is 9.72. The van der Waals surface area contributed by atoms with E-state index >= 15 is 0 Å². The Morgan fingerprint density at radius 3 is 2.52 bits per heavy atom. The number of aromatic nitrogens is 1. The fourth-order valence-electron chi connectivity index (χ4n) is 1.53. The number of ether oxygens (including phenoxy) is 2. The second kappa shape index (κ2) is 6.72. The summed E-state index contributed by atoms with van der Waals surface area (Å²) in [5.74, 6) is -1.50. The lowest BCUT2D eigenvalue weighted by Gasteiger charge is -2.19. The van der Waals surface area contributed by atoms with Gasteiger partial charge in [0.2, 0.25) is 5.88 Å². The van der Waals surface area contributed by atoms with Crippen LogP contribution in [0.3, 0.4) is 0 Å². The van der Waals surface area contributed by atoms with Gasteiger partial charge in [-0.25, -0.2) is 9.78 Å². The molecule has 1 rings (SSSR count). The van der Waals surface area contributed by atoms with Crippen LogP contribution in [0.1, 0.15) is 24.2 Å². The average Bonchev–Trinajstić information content (AvgIpc) is 2.44. The molecular formula is C12H14F3NO5. The third-order valence-electron chi connectivity index (χ3n) is 2.55. The summed E-state index contributed by atoms with van der Waals surface area (Å²) in [4.78, 5) is 14.7. The van der Waals surface area contributed by atoms with Gasteiger partial charge in [-0.3, -0.25) is 0 Å². The van der Waals surface area contributed by atoms with Crippen LogP contribution >= 0.6 is 0 Å². The molecule has 1 aromatic heterocycles. The molecule has 1 heterocycles. The summed E-state index contributed by atoms with van der Waals surface area (Å²) >= 11 is 0. The number of aliphatic hydroxyl groups is 2. The summed E-state index contributed by atoms with van der Waals surface area (Å²) in [6.45, 7) is 1.42. The van der Waals surface area contributed by atoms with Crippen molar-refractivity contribution < 1.29 is 37.7 Å². The highest BCUT2D eigenvalue weighted by Crippen LogP contribution is 2.34. The van der Waals surface area contributed by atoms with E-state index in [1.807, 2.05) is 0 Å². The number of esters is 1. The number of alkyl halides is 3. The topological polar surface area (TPSA) is 88.9 Å². The maximum absolute atomic E-state index is 12.6. The molecule has 2 unspecified atom stereocenters. The summed E-state index contributed by atoms with van der Waals surface area (Å²) in [6.07, 6.45) is -8.19. The van der Waals surface area contributed by atoms with E-state index < -0.39 is 35.5 Å². The van der Waals surface area contributed by atoms with Crippen LogP contribution in [0, 0.1) is 0 Å². The Kier molecular flexibility index (Phi) is 5.50. The van der Waals surface area contributed by atoms with Gasteiger partial charge in [0, 0.05) is 11.8 Å². The van der Waals surface area contributed by atoms with Gasteiger partial charge in [0.25, 0.3) is 0 Å². The summed E-state index contributed by atoms with van der Waals surface area (Å²) in [5, 5.41) is 19.4. The van der Waals surface area contributed by atoms with Crippen molar-refractivity contribution in [1.29, 1.82) is 0 Å². The Balaban J connectivity index is 3.17. The minimum Gasteiger partial charge on any atom is -0.481 e. The van der Waals surface area contributed by atoms with Gasteiger partial charge < -0.3 is 19.7 Å². The van der Waals surface area contributed by atoms with E-state index in [9.17, 15) is 28.2 Å². The lowest BCUT2D eigenvalue weighted by atomic mass is 10.0. The summed E-state index contributed by atoms with van der Waals surface area (Å²) in [6, 6.07) is 0.555. The summed E-state index contributed by atoms with van der Waals surface area (Å²) in [7, 11) is 1.13. The molecule has 0 radical (unpaired) electrons. The Labute approximate surface area is 118 Å². The van der Waals surface area contributed by atoms with E-state index in [2.05, 4.69) is 9.72 Å². The molecule has 0 aromatic carbocycles. The number of nitrogens with zero attached hydrogens (tertiary/aromatic N) is 1. The number of carbonyl (C=O) groups is 1. The molecule has 0 amide bonds. The highest BCUT2D eigenvalue weighted by Gasteiger charge is 2.35. The second-order valence-corrected chi connectivity index (χ2v) is 3.96. The van der Waals surface area contributed by atoms with Gasteiger partial charge >= 0.3 is 12.1 Å². The fourth-order valence-corrected chi connectivity index (χ4v) is 1.53. The molecule has 0 saturated heterocycles. The summed E-state index contributed by atoms with van der Waals surface area (Å²) in [5.41, 5.74) is -1.61. The first-order valence-corrected chi connectivity index (χ1v) is 5.86. The standard InChI is InChI=1S/C12H14F3NO5/c1-3-21-11(19)9(18)8(17)7-4-6(12(13,14)15)5-16-10(7)20-2/h4-5,8-9,17-18H,3H2,1-2H3. The monoisotopic (exact) mass is 309 g/mol. The molecule has 9 heteroatoms. The SMILES string of the molecule is CCOC(=O)C(O)C(O)c1cc(C(F)(F)F)cnc1OC. The van der Waals surface area contributed by atoms with Crippen LogP contribution in [-0.4, -0.2) is 41.0 Å². The summed E-state index contributed by atoms with van der Waals surface area (Å²) < 4.78 is 47.1. The number of methoxy groups -OCH3 is 1. The minimum absolute atomic E-state index is 0.0550. The number of hydrogen-bond donors (Lipinski definition) is 2.